The molecule has 0 amide bonds. The molecule has 1 unspecified atom stereocenters. The number of fused-ring (bicyclic) bond motifs is 2. The standard InChI is InChI=1S/C46H50N4O.Pt/c1-31-23-32-15-20-38(28-42(32)48(29-31)43-26-34(21-22-47-43)45(5,6)7)51-39-25-35(46(8,9)10)24-37(27-39)50-30-49(40-13-11-12-14-41(40)50)36-18-16-33(17-19-36)44(2,3)4;/h11-22,24-26,31H,23,29H2,1-10H3;/q-2;. The molecule has 1 aliphatic rings. The van der Waals surface area contributed by atoms with Gasteiger partial charge in [0.15, 0.2) is 0 Å². The van der Waals surface area contributed by atoms with E-state index in [2.05, 4.69) is 200 Å². The Balaban J connectivity index is 1.32. The normalized spacial score (nSPS) is 15.2. The maximum absolute atomic E-state index is 6.74. The molecule has 0 saturated heterocycles. The third-order valence-corrected chi connectivity index (χ3v) is 11.1. The van der Waals surface area contributed by atoms with Gasteiger partial charge in [-0.05, 0) is 17.0 Å². The average Bonchev–Trinajstić information content (AvgIpc) is 3.38. The Bertz CT molecular complexity index is 2330. The summed E-state index contributed by atoms with van der Waals surface area (Å²) in [6.45, 7) is 23.4. The van der Waals surface area contributed by atoms with Gasteiger partial charge in [-0.2, -0.15) is 0 Å². The summed E-state index contributed by atoms with van der Waals surface area (Å²) < 4.78 is 12.4. The molecule has 0 aliphatic carbocycles. The first-order valence-electron chi connectivity index (χ1n) is 18.3. The van der Waals surface area contributed by atoms with Crippen LogP contribution in [-0.4, -0.2) is 20.7 Å². The van der Waals surface area contributed by atoms with Crippen molar-refractivity contribution in [2.24, 2.45) is 5.92 Å². The number of aromatic nitrogens is 3. The summed E-state index contributed by atoms with van der Waals surface area (Å²) in [6.07, 6.45) is 2.93. The number of hydrogen-bond acceptors (Lipinski definition) is 3. The van der Waals surface area contributed by atoms with Crippen LogP contribution in [0.15, 0.2) is 91.1 Å². The van der Waals surface area contributed by atoms with Crippen molar-refractivity contribution in [3.8, 4) is 22.9 Å². The second-order valence-corrected chi connectivity index (χ2v) is 18.5. The molecule has 1 aliphatic heterocycles. The number of anilines is 2. The van der Waals surface area contributed by atoms with Gasteiger partial charge >= 0.3 is 271 Å². The quantitative estimate of drug-likeness (QED) is 0.162. The minimum absolute atomic E-state index is 0.0290. The summed E-state index contributed by atoms with van der Waals surface area (Å²) in [5.74, 6) is 2.77. The first-order valence-corrected chi connectivity index (χ1v) is 19.5. The molecule has 0 radical (unpaired) electrons. The molecule has 7 rings (SSSR count). The molecule has 52 heavy (non-hydrogen) atoms. The Hall–Kier alpha value is -4.21. The van der Waals surface area contributed by atoms with E-state index in [-0.39, 0.29) is 16.2 Å². The van der Waals surface area contributed by atoms with E-state index in [1.54, 1.807) is 0 Å². The van der Waals surface area contributed by atoms with Crippen molar-refractivity contribution in [3.05, 3.63) is 129 Å². The summed E-state index contributed by atoms with van der Waals surface area (Å²) in [4.78, 5) is 7.15. The molecular formula is C46H50N4OPt-2. The van der Waals surface area contributed by atoms with Gasteiger partial charge in [0.2, 0.25) is 0 Å². The van der Waals surface area contributed by atoms with Crippen LogP contribution in [0, 0.1) is 21.9 Å². The van der Waals surface area contributed by atoms with Gasteiger partial charge < -0.3 is 0 Å². The fourth-order valence-electron chi connectivity index (χ4n) is 6.99. The fourth-order valence-corrected chi connectivity index (χ4v) is 8.11. The van der Waals surface area contributed by atoms with Crippen LogP contribution < -0.4 is 9.64 Å². The molecular weight excluding hydrogens is 820 g/mol. The molecule has 6 aromatic rings. The van der Waals surface area contributed by atoms with Crippen molar-refractivity contribution in [2.45, 2.75) is 91.9 Å². The van der Waals surface area contributed by atoms with Gasteiger partial charge in [-0.15, -0.1) is 0 Å². The second-order valence-electron chi connectivity index (χ2n) is 17.4. The van der Waals surface area contributed by atoms with Crippen molar-refractivity contribution in [1.29, 1.82) is 0 Å². The Morgan fingerprint density at radius 3 is 2.00 bits per heavy atom. The molecule has 2 aromatic heterocycles. The Morgan fingerprint density at radius 1 is 0.692 bits per heavy atom. The summed E-state index contributed by atoms with van der Waals surface area (Å²) in [5, 5.41) is 0. The van der Waals surface area contributed by atoms with Crippen molar-refractivity contribution >= 4 is 22.5 Å². The average molecular weight is 870 g/mol. The zero-order valence-electron chi connectivity index (χ0n) is 32.2. The predicted octanol–water partition coefficient (Wildman–Crippen LogP) is 11.5. The molecule has 0 N–H and O–H groups in total. The topological polar surface area (TPSA) is 35.2 Å². The SMILES string of the molecule is CC1Cc2ccc(Oc3[c-]c(-n4[c](=[Pt])n(-c5ccc(C(C)(C)C)cc5)c5ccccc54)cc(C(C)(C)C)c3)[c-]c2N(c2cc(C(C)(C)C)ccn2)C1. The first kappa shape index (κ1) is 36.2. The van der Waals surface area contributed by atoms with Crippen molar-refractivity contribution < 1.29 is 24.1 Å². The zero-order chi connectivity index (χ0) is 37.2. The summed E-state index contributed by atoms with van der Waals surface area (Å²) >= 11 is 2.46. The summed E-state index contributed by atoms with van der Waals surface area (Å²) in [7, 11) is 0. The van der Waals surface area contributed by atoms with Gasteiger partial charge in [-0.3, -0.25) is 0 Å². The molecule has 4 aromatic carbocycles. The van der Waals surface area contributed by atoms with Gasteiger partial charge in [0, 0.05) is 6.20 Å². The minimum atomic E-state index is -0.120. The third kappa shape index (κ3) is 7.09. The number of hydrogen-bond donors (Lipinski definition) is 0. The van der Waals surface area contributed by atoms with Crippen LogP contribution in [0.2, 0.25) is 0 Å². The maximum atomic E-state index is 6.74. The van der Waals surface area contributed by atoms with Crippen LogP contribution in [0.4, 0.5) is 11.5 Å². The number of benzene rings is 4. The molecule has 0 fully saturated rings. The van der Waals surface area contributed by atoms with Gasteiger partial charge in [0.05, 0.1) is 0 Å². The predicted molar refractivity (Wildman–Crippen MR) is 210 cm³/mol. The summed E-state index contributed by atoms with van der Waals surface area (Å²) in [5.41, 5.74) is 10.3. The van der Waals surface area contributed by atoms with Crippen LogP contribution in [0.1, 0.15) is 91.5 Å². The van der Waals surface area contributed by atoms with E-state index in [1.165, 1.54) is 22.3 Å². The molecule has 0 spiro atoms. The van der Waals surface area contributed by atoms with Gasteiger partial charge in [0.1, 0.15) is 0 Å². The number of para-hydroxylation sites is 2. The van der Waals surface area contributed by atoms with Gasteiger partial charge in [0.25, 0.3) is 0 Å². The van der Waals surface area contributed by atoms with Gasteiger partial charge in [-0.25, -0.2) is 0 Å². The fraction of sp³-hybridized carbons (Fsp3) is 0.348. The number of ether oxygens (including phenoxy) is 1. The van der Waals surface area contributed by atoms with Crippen molar-refractivity contribution in [3.63, 3.8) is 0 Å². The molecule has 1 atom stereocenters. The number of imidazole rings is 1. The first-order chi connectivity index (χ1) is 24.5. The number of rotatable bonds is 5. The van der Waals surface area contributed by atoms with E-state index >= 15 is 0 Å². The van der Waals surface area contributed by atoms with Crippen LogP contribution in [0.3, 0.4) is 0 Å². The molecule has 272 valence electrons. The van der Waals surface area contributed by atoms with E-state index in [0.29, 0.717) is 17.4 Å². The van der Waals surface area contributed by atoms with E-state index in [1.807, 2.05) is 6.20 Å². The van der Waals surface area contributed by atoms with E-state index in [4.69, 9.17) is 9.72 Å². The van der Waals surface area contributed by atoms with Gasteiger partial charge in [-0.1, -0.05) is 27.7 Å². The molecule has 6 heteroatoms. The third-order valence-electron chi connectivity index (χ3n) is 10.1. The van der Waals surface area contributed by atoms with E-state index < -0.39 is 0 Å². The Kier molecular flexibility index (Phi) is 9.27. The Morgan fingerprint density at radius 2 is 1.35 bits per heavy atom. The number of nitrogens with zero attached hydrogens (tertiary/aromatic N) is 4. The van der Waals surface area contributed by atoms with E-state index in [9.17, 15) is 0 Å². The van der Waals surface area contributed by atoms with E-state index in [0.717, 1.165) is 50.7 Å². The van der Waals surface area contributed by atoms with Crippen molar-refractivity contribution in [1.82, 2.24) is 14.1 Å². The monoisotopic (exact) mass is 869 g/mol. The molecule has 5 nitrogen and oxygen atoms in total. The number of pyridine rings is 1. The second kappa shape index (κ2) is 13.3. The van der Waals surface area contributed by atoms with Crippen LogP contribution in [-0.2, 0) is 42.0 Å². The van der Waals surface area contributed by atoms with Crippen LogP contribution in [0.25, 0.3) is 22.4 Å². The molecule has 0 saturated carbocycles. The zero-order valence-corrected chi connectivity index (χ0v) is 34.4. The molecule has 3 heterocycles. The molecule has 0 bridgehead atoms. The Labute approximate surface area is 320 Å². The van der Waals surface area contributed by atoms with Crippen LogP contribution >= 0.6 is 0 Å². The van der Waals surface area contributed by atoms with Crippen molar-refractivity contribution in [2.75, 3.05) is 11.4 Å². The van der Waals surface area contributed by atoms with Crippen LogP contribution in [0.5, 0.6) is 11.5 Å². The summed E-state index contributed by atoms with van der Waals surface area (Å²) in [6, 6.07) is 37.9.